The predicted octanol–water partition coefficient (Wildman–Crippen LogP) is 1.95. The normalized spacial score (nSPS) is 12.8. The van der Waals surface area contributed by atoms with Gasteiger partial charge in [-0.15, -0.1) is 0 Å². The van der Waals surface area contributed by atoms with E-state index in [0.717, 1.165) is 11.6 Å². The average molecular weight is 458 g/mol. The van der Waals surface area contributed by atoms with Gasteiger partial charge < -0.3 is 21.5 Å². The number of halogens is 2. The quantitative estimate of drug-likeness (QED) is 0.385. The maximum atomic E-state index is 14.9. The van der Waals surface area contributed by atoms with Crippen LogP contribution in [0.15, 0.2) is 42.7 Å². The maximum absolute atomic E-state index is 14.9. The summed E-state index contributed by atoms with van der Waals surface area (Å²) >= 11 is 0. The molecule has 5 N–H and O–H groups in total. The Kier molecular flexibility index (Phi) is 7.34. The fourth-order valence-corrected chi connectivity index (χ4v) is 3.15. The molecular weight excluding hydrogens is 434 g/mol. The summed E-state index contributed by atoms with van der Waals surface area (Å²) in [4.78, 5) is 28.2. The summed E-state index contributed by atoms with van der Waals surface area (Å²) in [5.74, 6) is -3.06. The number of rotatable bonds is 9. The van der Waals surface area contributed by atoms with E-state index in [2.05, 4.69) is 20.7 Å². The van der Waals surface area contributed by atoms with Gasteiger partial charge in [-0.3, -0.25) is 14.3 Å². The lowest BCUT2D eigenvalue weighted by Gasteiger charge is -2.19. The molecule has 174 valence electrons. The summed E-state index contributed by atoms with van der Waals surface area (Å²) < 4.78 is 29.8. The zero-order valence-electron chi connectivity index (χ0n) is 18.0. The second-order valence-corrected chi connectivity index (χ2v) is 7.55. The topological polar surface area (TPSA) is 135 Å². The fraction of sp³-hybridized carbons (Fsp3) is 0.273. The van der Waals surface area contributed by atoms with Gasteiger partial charge in [0, 0.05) is 25.4 Å². The number of hydrogen-bond acceptors (Lipinski definition) is 6. The van der Waals surface area contributed by atoms with Gasteiger partial charge in [-0.25, -0.2) is 13.8 Å². The van der Waals surface area contributed by atoms with Gasteiger partial charge in [0.2, 0.25) is 0 Å². The highest BCUT2D eigenvalue weighted by Gasteiger charge is 2.25. The van der Waals surface area contributed by atoms with E-state index in [-0.39, 0.29) is 29.4 Å². The average Bonchev–Trinajstić information content (AvgIpc) is 3.19. The summed E-state index contributed by atoms with van der Waals surface area (Å²) in [5.41, 5.74) is 6.56. The standard InChI is InChI=1S/C22H24F2N6O3/c1-12(18(25)22(32)33)28-21(31)16-9-17(24)19(14-10-27-30(2)11-14)29-20(16)26-7-6-13-4-3-5-15(23)8-13/h3-5,8-12,18H,6-7,25H2,1-2H3,(H,26,29)(H,28,31)(H,32,33)/t12?,18-/m1/s1. The minimum absolute atomic E-state index is 0.0109. The number of carbonyl (C=O) groups is 2. The van der Waals surface area contributed by atoms with Crippen LogP contribution in [0, 0.1) is 11.6 Å². The van der Waals surface area contributed by atoms with Gasteiger partial charge in [-0.2, -0.15) is 5.10 Å². The van der Waals surface area contributed by atoms with Gasteiger partial charge in [0.05, 0.1) is 17.8 Å². The fourth-order valence-electron chi connectivity index (χ4n) is 3.15. The van der Waals surface area contributed by atoms with E-state index < -0.39 is 29.8 Å². The van der Waals surface area contributed by atoms with Gasteiger partial charge in [0.25, 0.3) is 5.91 Å². The molecule has 11 heteroatoms. The van der Waals surface area contributed by atoms with Crippen molar-refractivity contribution in [2.45, 2.75) is 25.4 Å². The SMILES string of the molecule is CC(NC(=O)c1cc(F)c(-c2cnn(C)c2)nc1NCCc1cccc(F)c1)[C@@H](N)C(=O)O. The number of amides is 1. The van der Waals surface area contributed by atoms with E-state index in [0.29, 0.717) is 12.0 Å². The highest BCUT2D eigenvalue weighted by molar-refractivity contribution is 5.99. The number of benzene rings is 1. The molecule has 3 rings (SSSR count). The number of pyridine rings is 1. The molecule has 1 amide bonds. The Morgan fingerprint density at radius 2 is 2.03 bits per heavy atom. The first kappa shape index (κ1) is 23.8. The van der Waals surface area contributed by atoms with Gasteiger partial charge >= 0.3 is 5.97 Å². The third-order valence-electron chi connectivity index (χ3n) is 4.98. The number of hydrogen-bond donors (Lipinski definition) is 4. The lowest BCUT2D eigenvalue weighted by Crippen LogP contribution is -2.50. The van der Waals surface area contributed by atoms with Crippen LogP contribution < -0.4 is 16.4 Å². The van der Waals surface area contributed by atoms with Crippen LogP contribution in [-0.2, 0) is 18.3 Å². The van der Waals surface area contributed by atoms with Gasteiger partial charge in [0.1, 0.15) is 23.4 Å². The van der Waals surface area contributed by atoms with Crippen molar-refractivity contribution in [2.24, 2.45) is 12.8 Å². The van der Waals surface area contributed by atoms with Crippen LogP contribution in [0.4, 0.5) is 14.6 Å². The van der Waals surface area contributed by atoms with Crippen molar-refractivity contribution >= 4 is 17.7 Å². The van der Waals surface area contributed by atoms with E-state index in [9.17, 15) is 18.4 Å². The van der Waals surface area contributed by atoms with Crippen molar-refractivity contribution in [1.82, 2.24) is 20.1 Å². The third kappa shape index (κ3) is 5.89. The first-order valence-corrected chi connectivity index (χ1v) is 10.1. The Morgan fingerprint density at radius 3 is 2.67 bits per heavy atom. The third-order valence-corrected chi connectivity index (χ3v) is 4.98. The molecule has 1 aromatic carbocycles. The molecule has 0 radical (unpaired) electrons. The van der Waals surface area contributed by atoms with Gasteiger partial charge in [0.15, 0.2) is 5.82 Å². The predicted molar refractivity (Wildman–Crippen MR) is 118 cm³/mol. The molecule has 0 aliphatic heterocycles. The van der Waals surface area contributed by atoms with Crippen molar-refractivity contribution < 1.29 is 23.5 Å². The van der Waals surface area contributed by atoms with Crippen molar-refractivity contribution in [3.05, 3.63) is 65.5 Å². The molecule has 0 bridgehead atoms. The molecule has 3 aromatic rings. The number of anilines is 1. The van der Waals surface area contributed by atoms with Crippen molar-refractivity contribution in [3.63, 3.8) is 0 Å². The number of nitrogens with two attached hydrogens (primary N) is 1. The minimum Gasteiger partial charge on any atom is -0.480 e. The highest BCUT2D eigenvalue weighted by Crippen LogP contribution is 2.25. The molecule has 1 unspecified atom stereocenters. The number of nitrogens with zero attached hydrogens (tertiary/aromatic N) is 3. The lowest BCUT2D eigenvalue weighted by atomic mass is 10.1. The first-order chi connectivity index (χ1) is 15.7. The summed E-state index contributed by atoms with van der Waals surface area (Å²) in [6, 6.07) is 4.84. The van der Waals surface area contributed by atoms with Gasteiger partial charge in [-0.1, -0.05) is 12.1 Å². The molecule has 0 spiro atoms. The molecule has 33 heavy (non-hydrogen) atoms. The van der Waals surface area contributed by atoms with Crippen LogP contribution in [0.25, 0.3) is 11.3 Å². The Labute approximate surface area is 188 Å². The molecule has 0 aliphatic rings. The number of aryl methyl sites for hydroxylation is 1. The number of nitrogens with one attached hydrogen (secondary N) is 2. The number of aromatic nitrogens is 3. The second kappa shape index (κ2) is 10.2. The number of carboxylic acids is 1. The number of carboxylic acid groups (broad SMARTS) is 1. The van der Waals surface area contributed by atoms with Crippen LogP contribution in [-0.4, -0.2) is 50.4 Å². The molecule has 0 aliphatic carbocycles. The summed E-state index contributed by atoms with van der Waals surface area (Å²) in [7, 11) is 1.68. The van der Waals surface area contributed by atoms with Crippen LogP contribution in [0.1, 0.15) is 22.8 Å². The van der Waals surface area contributed by atoms with Crippen LogP contribution in [0.3, 0.4) is 0 Å². The van der Waals surface area contributed by atoms with E-state index in [1.807, 2.05) is 0 Å². The molecule has 2 atom stereocenters. The summed E-state index contributed by atoms with van der Waals surface area (Å²) in [6.07, 6.45) is 3.44. The molecule has 2 heterocycles. The van der Waals surface area contributed by atoms with Crippen molar-refractivity contribution in [1.29, 1.82) is 0 Å². The molecule has 0 fully saturated rings. The molecule has 2 aromatic heterocycles. The molecular formula is C22H24F2N6O3. The van der Waals surface area contributed by atoms with Crippen LogP contribution in [0.2, 0.25) is 0 Å². The lowest BCUT2D eigenvalue weighted by molar-refractivity contribution is -0.139. The van der Waals surface area contributed by atoms with Crippen LogP contribution >= 0.6 is 0 Å². The van der Waals surface area contributed by atoms with E-state index in [4.69, 9.17) is 10.8 Å². The monoisotopic (exact) mass is 458 g/mol. The Morgan fingerprint density at radius 1 is 1.27 bits per heavy atom. The summed E-state index contributed by atoms with van der Waals surface area (Å²) in [6.45, 7) is 1.71. The van der Waals surface area contributed by atoms with Crippen molar-refractivity contribution in [2.75, 3.05) is 11.9 Å². The maximum Gasteiger partial charge on any atom is 0.322 e. The van der Waals surface area contributed by atoms with Gasteiger partial charge in [-0.05, 0) is 37.1 Å². The summed E-state index contributed by atoms with van der Waals surface area (Å²) in [5, 5.41) is 18.5. The Balaban J connectivity index is 1.88. The smallest absolute Gasteiger partial charge is 0.322 e. The minimum atomic E-state index is -1.34. The van der Waals surface area contributed by atoms with E-state index in [1.54, 1.807) is 25.4 Å². The van der Waals surface area contributed by atoms with E-state index in [1.165, 1.54) is 29.9 Å². The van der Waals surface area contributed by atoms with Crippen molar-refractivity contribution in [3.8, 4) is 11.3 Å². The van der Waals surface area contributed by atoms with E-state index >= 15 is 0 Å². The molecule has 0 saturated carbocycles. The largest absolute Gasteiger partial charge is 0.480 e. The zero-order chi connectivity index (χ0) is 24.1. The number of carbonyl (C=O) groups excluding carboxylic acids is 1. The van der Waals surface area contributed by atoms with Crippen LogP contribution in [0.5, 0.6) is 0 Å². The Bertz CT molecular complexity index is 1170. The Hall–Kier alpha value is -3.86. The molecule has 9 nitrogen and oxygen atoms in total. The first-order valence-electron chi connectivity index (χ1n) is 10.1. The number of aliphatic carboxylic acids is 1. The zero-order valence-corrected chi connectivity index (χ0v) is 18.0. The second-order valence-electron chi connectivity index (χ2n) is 7.55. The highest BCUT2D eigenvalue weighted by atomic mass is 19.1. The molecule has 0 saturated heterocycles.